The number of hydrogen-bond donors (Lipinski definition) is 0. The molecule has 2 nitrogen and oxygen atoms in total. The van der Waals surface area contributed by atoms with Gasteiger partial charge in [-0.2, -0.15) is 0 Å². The lowest BCUT2D eigenvalue weighted by atomic mass is 10.2. The number of hydrogen-bond acceptors (Lipinski definition) is 2. The van der Waals surface area contributed by atoms with Gasteiger partial charge >= 0.3 is 0 Å². The summed E-state index contributed by atoms with van der Waals surface area (Å²) in [5.74, 6) is 0. The van der Waals surface area contributed by atoms with Crippen LogP contribution in [0.4, 0.5) is 0 Å². The summed E-state index contributed by atoms with van der Waals surface area (Å²) in [5, 5.41) is 0. The fraction of sp³-hybridized carbons (Fsp3) is 0.857. The molecule has 2 heteroatoms. The molecule has 0 bridgehead atoms. The molecule has 9 heavy (non-hydrogen) atoms. The normalized spacial score (nSPS) is 12.0. The van der Waals surface area contributed by atoms with Gasteiger partial charge in [-0.3, -0.25) is 0 Å². The largest absolute Gasteiger partial charge is 0.231 e. The van der Waals surface area contributed by atoms with Crippen molar-refractivity contribution in [3.8, 4) is 0 Å². The third kappa shape index (κ3) is 7.92. The molecule has 0 aliphatic heterocycles. The van der Waals surface area contributed by atoms with Crippen LogP contribution in [0.5, 0.6) is 0 Å². The lowest BCUT2D eigenvalue weighted by Gasteiger charge is -2.16. The van der Waals surface area contributed by atoms with E-state index < -0.39 is 0 Å². The molecule has 0 saturated heterocycles. The van der Waals surface area contributed by atoms with Crippen LogP contribution >= 0.6 is 0 Å². The summed E-state index contributed by atoms with van der Waals surface area (Å²) < 4.78 is 0. The van der Waals surface area contributed by atoms with E-state index in [9.17, 15) is 0 Å². The van der Waals surface area contributed by atoms with Crippen molar-refractivity contribution in [1.29, 1.82) is 0 Å². The highest BCUT2D eigenvalue weighted by Crippen LogP contribution is 2.07. The quantitative estimate of drug-likeness (QED) is 0.332. The van der Waals surface area contributed by atoms with E-state index in [1.54, 1.807) is 6.61 Å². The maximum atomic E-state index is 4.91. The highest BCUT2D eigenvalue weighted by molar-refractivity contribution is 4.55. The van der Waals surface area contributed by atoms with Crippen LogP contribution in [0.25, 0.3) is 0 Å². The molecule has 0 aromatic carbocycles. The zero-order chi connectivity index (χ0) is 7.33. The summed E-state index contributed by atoms with van der Waals surface area (Å²) in [4.78, 5) is 9.64. The molecule has 0 atom stereocenters. The Kier molecular flexibility index (Phi) is 3.82. The Morgan fingerprint density at radius 1 is 1.33 bits per heavy atom. The van der Waals surface area contributed by atoms with Gasteiger partial charge in [0, 0.05) is 0 Å². The molecule has 0 saturated carbocycles. The molecule has 0 fully saturated rings. The van der Waals surface area contributed by atoms with E-state index in [4.69, 9.17) is 9.78 Å². The van der Waals surface area contributed by atoms with Crippen molar-refractivity contribution in [2.75, 3.05) is 0 Å². The monoisotopic (exact) mass is 131 g/mol. The van der Waals surface area contributed by atoms with Gasteiger partial charge in [-0.25, -0.2) is 9.78 Å². The molecule has 0 aliphatic rings. The fourth-order valence-corrected chi connectivity index (χ4v) is 0.246. The summed E-state index contributed by atoms with van der Waals surface area (Å²) in [6.45, 7) is 9.45. The Bertz CT molecular complexity index is 63.8. The van der Waals surface area contributed by atoms with Gasteiger partial charge in [0.2, 0.25) is 0 Å². The van der Waals surface area contributed by atoms with Gasteiger partial charge in [-0.05, 0) is 27.2 Å². The lowest BCUT2D eigenvalue weighted by molar-refractivity contribution is -0.327. The Hall–Kier alpha value is -0.0800. The van der Waals surface area contributed by atoms with Crippen LogP contribution < -0.4 is 0 Å². The first-order chi connectivity index (χ1) is 4.06. The molecule has 1 radical (unpaired) electrons. The van der Waals surface area contributed by atoms with E-state index in [-0.39, 0.29) is 5.60 Å². The van der Waals surface area contributed by atoms with Crippen molar-refractivity contribution in [3.63, 3.8) is 0 Å². The van der Waals surface area contributed by atoms with Crippen molar-refractivity contribution in [2.45, 2.75) is 39.7 Å². The second kappa shape index (κ2) is 3.85. The molecule has 0 unspecified atom stereocenters. The van der Waals surface area contributed by atoms with Crippen LogP contribution in [0, 0.1) is 6.61 Å². The average molecular weight is 131 g/mol. The molecular formula is C7H15O2. The predicted octanol–water partition coefficient (Wildman–Crippen LogP) is 2.30. The third-order valence-corrected chi connectivity index (χ3v) is 0.533. The third-order valence-electron chi connectivity index (χ3n) is 0.533. The van der Waals surface area contributed by atoms with Crippen molar-refractivity contribution < 1.29 is 9.78 Å². The minimum atomic E-state index is -0.203. The van der Waals surface area contributed by atoms with Crippen LogP contribution in [0.2, 0.25) is 0 Å². The molecule has 0 aliphatic carbocycles. The van der Waals surface area contributed by atoms with Gasteiger partial charge in [-0.15, -0.1) is 0 Å². The van der Waals surface area contributed by atoms with Crippen LogP contribution in [-0.2, 0) is 9.78 Å². The van der Waals surface area contributed by atoms with E-state index in [1.807, 2.05) is 27.7 Å². The zero-order valence-corrected chi connectivity index (χ0v) is 6.60. The summed E-state index contributed by atoms with van der Waals surface area (Å²) in [5.41, 5.74) is -0.203. The van der Waals surface area contributed by atoms with E-state index in [0.717, 1.165) is 6.42 Å². The van der Waals surface area contributed by atoms with Crippen LogP contribution in [0.15, 0.2) is 0 Å². The highest BCUT2D eigenvalue weighted by atomic mass is 17.2. The highest BCUT2D eigenvalue weighted by Gasteiger charge is 2.10. The van der Waals surface area contributed by atoms with Crippen molar-refractivity contribution in [3.05, 3.63) is 6.61 Å². The smallest absolute Gasteiger partial charge is 0.122 e. The summed E-state index contributed by atoms with van der Waals surface area (Å²) in [7, 11) is 0. The number of rotatable bonds is 3. The molecule has 0 spiro atoms. The van der Waals surface area contributed by atoms with E-state index >= 15 is 0 Å². The topological polar surface area (TPSA) is 18.5 Å². The molecule has 0 aromatic rings. The van der Waals surface area contributed by atoms with Gasteiger partial charge in [0.1, 0.15) is 6.61 Å². The van der Waals surface area contributed by atoms with Gasteiger partial charge in [0.05, 0.1) is 5.60 Å². The summed E-state index contributed by atoms with van der Waals surface area (Å²) >= 11 is 0. The van der Waals surface area contributed by atoms with Crippen LogP contribution in [0.3, 0.4) is 0 Å². The molecule has 0 aromatic heterocycles. The SMILES string of the molecule is CC[CH]OOC(C)(C)C. The molecule has 55 valence electrons. The minimum absolute atomic E-state index is 0.203. The maximum Gasteiger partial charge on any atom is 0.122 e. The van der Waals surface area contributed by atoms with Crippen LogP contribution in [-0.4, -0.2) is 5.60 Å². The standard InChI is InChI=1S/C7H15O2/c1-5-6-8-9-7(2,3)4/h6H,5H2,1-4H3. The summed E-state index contributed by atoms with van der Waals surface area (Å²) in [6, 6.07) is 0. The fourth-order valence-electron chi connectivity index (χ4n) is 0.246. The zero-order valence-electron chi connectivity index (χ0n) is 6.60. The van der Waals surface area contributed by atoms with Gasteiger partial charge in [-0.1, -0.05) is 6.92 Å². The Balaban J connectivity index is 3.07. The predicted molar refractivity (Wildman–Crippen MR) is 36.5 cm³/mol. The molecule has 0 N–H and O–H groups in total. The first kappa shape index (κ1) is 8.92. The van der Waals surface area contributed by atoms with E-state index in [1.165, 1.54) is 0 Å². The first-order valence-corrected chi connectivity index (χ1v) is 3.22. The Labute approximate surface area is 57.1 Å². The first-order valence-electron chi connectivity index (χ1n) is 3.22. The van der Waals surface area contributed by atoms with Crippen molar-refractivity contribution in [2.24, 2.45) is 0 Å². The molecule has 0 amide bonds. The Morgan fingerprint density at radius 2 is 1.89 bits per heavy atom. The minimum Gasteiger partial charge on any atom is -0.231 e. The maximum absolute atomic E-state index is 4.91. The second-order valence-electron chi connectivity index (χ2n) is 2.87. The van der Waals surface area contributed by atoms with Crippen molar-refractivity contribution in [1.82, 2.24) is 0 Å². The lowest BCUT2D eigenvalue weighted by Crippen LogP contribution is -2.18. The molecular weight excluding hydrogens is 116 g/mol. The average Bonchev–Trinajstić information content (AvgIpc) is 1.63. The van der Waals surface area contributed by atoms with Gasteiger partial charge in [0.25, 0.3) is 0 Å². The van der Waals surface area contributed by atoms with E-state index in [2.05, 4.69) is 0 Å². The molecule has 0 rings (SSSR count). The van der Waals surface area contributed by atoms with Gasteiger partial charge in [0.15, 0.2) is 0 Å². The summed E-state index contributed by atoms with van der Waals surface area (Å²) in [6.07, 6.45) is 0.871. The molecule has 0 heterocycles. The van der Waals surface area contributed by atoms with Crippen molar-refractivity contribution >= 4 is 0 Å². The Morgan fingerprint density at radius 3 is 2.22 bits per heavy atom. The van der Waals surface area contributed by atoms with E-state index in [0.29, 0.717) is 0 Å². The van der Waals surface area contributed by atoms with Crippen LogP contribution in [0.1, 0.15) is 34.1 Å². The second-order valence-corrected chi connectivity index (χ2v) is 2.87. The van der Waals surface area contributed by atoms with Gasteiger partial charge < -0.3 is 0 Å².